The molecule has 2 N–H and O–H groups in total. The van der Waals surface area contributed by atoms with Gasteiger partial charge in [0.15, 0.2) is 0 Å². The summed E-state index contributed by atoms with van der Waals surface area (Å²) >= 11 is 0. The van der Waals surface area contributed by atoms with E-state index < -0.39 is 0 Å². The van der Waals surface area contributed by atoms with Crippen LogP contribution in [0.15, 0.2) is 72.3 Å². The molecule has 164 valence electrons. The Hall–Kier alpha value is -3.78. The SMILES string of the molecule is CON=C(c1ccncc1)c1ccc(C(=O)N2CCN(Cc3ccnc(N)c3)CC2)cc1. The molecule has 4 rings (SSSR count). The maximum absolute atomic E-state index is 13.0. The van der Waals surface area contributed by atoms with Gasteiger partial charge in [0.25, 0.3) is 5.91 Å². The number of aromatic nitrogens is 2. The Labute approximate surface area is 187 Å². The van der Waals surface area contributed by atoms with Crippen molar-refractivity contribution < 1.29 is 9.63 Å². The first kappa shape index (κ1) is 21.5. The molecular formula is C24H26N6O2. The molecule has 0 spiro atoms. The molecule has 0 aliphatic carbocycles. The molecule has 8 nitrogen and oxygen atoms in total. The number of carbonyl (C=O) groups is 1. The van der Waals surface area contributed by atoms with Crippen molar-refractivity contribution in [3.63, 3.8) is 0 Å². The molecule has 8 heteroatoms. The number of piperazine rings is 1. The van der Waals surface area contributed by atoms with Crippen LogP contribution in [0.25, 0.3) is 0 Å². The molecule has 0 radical (unpaired) electrons. The standard InChI is InChI=1S/C24H26N6O2/c1-32-28-23(20-7-9-26-10-8-20)19-2-4-21(5-3-19)24(31)30-14-12-29(13-15-30)17-18-6-11-27-22(25)16-18/h2-11,16H,12-15,17H2,1H3,(H2,25,27). The zero-order chi connectivity index (χ0) is 22.3. The van der Waals surface area contributed by atoms with Crippen molar-refractivity contribution in [3.05, 3.63) is 89.4 Å². The summed E-state index contributed by atoms with van der Waals surface area (Å²) in [6.45, 7) is 3.82. The highest BCUT2D eigenvalue weighted by molar-refractivity contribution is 6.12. The summed E-state index contributed by atoms with van der Waals surface area (Å²) < 4.78 is 0. The first-order valence-corrected chi connectivity index (χ1v) is 10.5. The lowest BCUT2D eigenvalue weighted by Crippen LogP contribution is -2.48. The minimum absolute atomic E-state index is 0.0403. The molecule has 1 aliphatic heterocycles. The van der Waals surface area contributed by atoms with Crippen LogP contribution in [-0.4, -0.2) is 64.7 Å². The van der Waals surface area contributed by atoms with Gasteiger partial charge in [0, 0.05) is 68.0 Å². The average molecular weight is 431 g/mol. The predicted molar refractivity (Wildman–Crippen MR) is 123 cm³/mol. The fraction of sp³-hybridized carbons (Fsp3) is 0.250. The minimum Gasteiger partial charge on any atom is -0.399 e. The third kappa shape index (κ3) is 5.09. The van der Waals surface area contributed by atoms with Gasteiger partial charge in [0.2, 0.25) is 0 Å². The van der Waals surface area contributed by atoms with Crippen molar-refractivity contribution in [2.24, 2.45) is 5.16 Å². The number of carbonyl (C=O) groups excluding carboxylic acids is 1. The number of hydrogen-bond donors (Lipinski definition) is 1. The highest BCUT2D eigenvalue weighted by atomic mass is 16.6. The Morgan fingerprint density at radius 3 is 2.28 bits per heavy atom. The molecule has 1 aromatic carbocycles. The molecule has 0 atom stereocenters. The number of hydrogen-bond acceptors (Lipinski definition) is 7. The monoisotopic (exact) mass is 430 g/mol. The summed E-state index contributed by atoms with van der Waals surface area (Å²) in [5.41, 5.74) is 10.0. The van der Waals surface area contributed by atoms with E-state index in [1.54, 1.807) is 18.6 Å². The number of oxime groups is 1. The van der Waals surface area contributed by atoms with E-state index in [-0.39, 0.29) is 5.91 Å². The largest absolute Gasteiger partial charge is 0.399 e. The first-order chi connectivity index (χ1) is 15.6. The number of nitrogens with two attached hydrogens (primary N) is 1. The summed E-state index contributed by atoms with van der Waals surface area (Å²) in [6.07, 6.45) is 5.15. The molecule has 2 aromatic heterocycles. The van der Waals surface area contributed by atoms with Gasteiger partial charge < -0.3 is 15.5 Å². The molecule has 1 fully saturated rings. The minimum atomic E-state index is 0.0403. The summed E-state index contributed by atoms with van der Waals surface area (Å²) in [7, 11) is 1.52. The lowest BCUT2D eigenvalue weighted by Gasteiger charge is -2.34. The van der Waals surface area contributed by atoms with Crippen LogP contribution in [0, 0.1) is 0 Å². The Kier molecular flexibility index (Phi) is 6.72. The van der Waals surface area contributed by atoms with Crippen LogP contribution in [0.2, 0.25) is 0 Å². The van der Waals surface area contributed by atoms with Gasteiger partial charge in [-0.05, 0) is 42.0 Å². The molecule has 1 amide bonds. The van der Waals surface area contributed by atoms with E-state index in [1.165, 1.54) is 7.11 Å². The van der Waals surface area contributed by atoms with Crippen molar-refractivity contribution in [1.29, 1.82) is 0 Å². The Bertz CT molecular complexity index is 1080. The summed E-state index contributed by atoms with van der Waals surface area (Å²) in [4.78, 5) is 30.3. The number of anilines is 1. The van der Waals surface area contributed by atoms with Gasteiger partial charge in [-0.1, -0.05) is 17.3 Å². The van der Waals surface area contributed by atoms with E-state index in [4.69, 9.17) is 10.6 Å². The van der Waals surface area contributed by atoms with Crippen molar-refractivity contribution in [2.45, 2.75) is 6.54 Å². The maximum atomic E-state index is 13.0. The van der Waals surface area contributed by atoms with Gasteiger partial charge in [-0.25, -0.2) is 4.98 Å². The highest BCUT2D eigenvalue weighted by Crippen LogP contribution is 2.16. The van der Waals surface area contributed by atoms with Crippen LogP contribution in [0.4, 0.5) is 5.82 Å². The fourth-order valence-corrected chi connectivity index (χ4v) is 3.79. The second-order valence-electron chi connectivity index (χ2n) is 7.59. The van der Waals surface area contributed by atoms with Crippen molar-refractivity contribution in [3.8, 4) is 0 Å². The molecule has 0 saturated carbocycles. The van der Waals surface area contributed by atoms with E-state index >= 15 is 0 Å². The van der Waals surface area contributed by atoms with Crippen LogP contribution < -0.4 is 5.73 Å². The molecule has 3 heterocycles. The summed E-state index contributed by atoms with van der Waals surface area (Å²) in [6, 6.07) is 15.1. The van der Waals surface area contributed by atoms with E-state index in [0.717, 1.165) is 36.3 Å². The number of nitrogen functional groups attached to an aromatic ring is 1. The van der Waals surface area contributed by atoms with Gasteiger partial charge in [-0.3, -0.25) is 14.7 Å². The smallest absolute Gasteiger partial charge is 0.253 e. The Morgan fingerprint density at radius 2 is 1.62 bits per heavy atom. The summed E-state index contributed by atoms with van der Waals surface area (Å²) in [5.74, 6) is 0.570. The van der Waals surface area contributed by atoms with E-state index in [9.17, 15) is 4.79 Å². The van der Waals surface area contributed by atoms with Crippen molar-refractivity contribution in [2.75, 3.05) is 39.0 Å². The first-order valence-electron chi connectivity index (χ1n) is 10.5. The zero-order valence-electron chi connectivity index (χ0n) is 18.0. The van der Waals surface area contributed by atoms with Crippen LogP contribution >= 0.6 is 0 Å². The van der Waals surface area contributed by atoms with E-state index in [2.05, 4.69) is 20.0 Å². The second-order valence-corrected chi connectivity index (χ2v) is 7.59. The van der Waals surface area contributed by atoms with Crippen LogP contribution in [0.1, 0.15) is 27.0 Å². The number of amides is 1. The third-order valence-corrected chi connectivity index (χ3v) is 5.45. The predicted octanol–water partition coefficient (Wildman–Crippen LogP) is 2.42. The van der Waals surface area contributed by atoms with Crippen LogP contribution in [-0.2, 0) is 11.4 Å². The van der Waals surface area contributed by atoms with Gasteiger partial charge in [0.1, 0.15) is 18.6 Å². The molecule has 0 bridgehead atoms. The zero-order valence-corrected chi connectivity index (χ0v) is 18.0. The number of rotatable bonds is 6. The average Bonchev–Trinajstić information content (AvgIpc) is 2.83. The third-order valence-electron chi connectivity index (χ3n) is 5.45. The topological polar surface area (TPSA) is 96.9 Å². The highest BCUT2D eigenvalue weighted by Gasteiger charge is 2.22. The normalized spacial score (nSPS) is 14.9. The van der Waals surface area contributed by atoms with Crippen LogP contribution in [0.3, 0.4) is 0 Å². The van der Waals surface area contributed by atoms with Gasteiger partial charge in [-0.15, -0.1) is 0 Å². The maximum Gasteiger partial charge on any atom is 0.253 e. The van der Waals surface area contributed by atoms with Gasteiger partial charge in [0.05, 0.1) is 0 Å². The van der Waals surface area contributed by atoms with Crippen molar-refractivity contribution >= 4 is 17.4 Å². The fourth-order valence-electron chi connectivity index (χ4n) is 3.79. The quantitative estimate of drug-likeness (QED) is 0.477. The van der Waals surface area contributed by atoms with Gasteiger partial charge >= 0.3 is 0 Å². The molecule has 1 aliphatic rings. The molecule has 0 unspecified atom stereocenters. The Morgan fingerprint density at radius 1 is 0.969 bits per heavy atom. The van der Waals surface area contributed by atoms with E-state index in [1.807, 2.05) is 53.4 Å². The van der Waals surface area contributed by atoms with Crippen LogP contribution in [0.5, 0.6) is 0 Å². The van der Waals surface area contributed by atoms with E-state index in [0.29, 0.717) is 30.2 Å². The van der Waals surface area contributed by atoms with Gasteiger partial charge in [-0.2, -0.15) is 0 Å². The molecule has 32 heavy (non-hydrogen) atoms. The molecule has 3 aromatic rings. The number of benzene rings is 1. The lowest BCUT2D eigenvalue weighted by molar-refractivity contribution is 0.0628. The summed E-state index contributed by atoms with van der Waals surface area (Å²) in [5, 5.41) is 4.15. The second kappa shape index (κ2) is 10.0. The number of pyridine rings is 2. The molecule has 1 saturated heterocycles. The molecular weight excluding hydrogens is 404 g/mol. The lowest BCUT2D eigenvalue weighted by atomic mass is 10.0. The van der Waals surface area contributed by atoms with Crippen molar-refractivity contribution in [1.82, 2.24) is 19.8 Å². The Balaban J connectivity index is 1.38. The number of nitrogens with zero attached hydrogens (tertiary/aromatic N) is 5.